The molecule has 10 heteroatoms. The summed E-state index contributed by atoms with van der Waals surface area (Å²) < 4.78 is 26.4. The van der Waals surface area contributed by atoms with Gasteiger partial charge < -0.3 is 10.6 Å². The summed E-state index contributed by atoms with van der Waals surface area (Å²) in [7, 11) is -3.64. The summed E-state index contributed by atoms with van der Waals surface area (Å²) in [5, 5.41) is 16.4. The third-order valence-electron chi connectivity index (χ3n) is 3.56. The van der Waals surface area contributed by atoms with Crippen LogP contribution in [0.2, 0.25) is 0 Å². The van der Waals surface area contributed by atoms with E-state index in [0.717, 1.165) is 0 Å². The summed E-state index contributed by atoms with van der Waals surface area (Å²) in [5.74, 6) is -0.324. The van der Waals surface area contributed by atoms with Gasteiger partial charge in [0.05, 0.1) is 9.82 Å². The van der Waals surface area contributed by atoms with Gasteiger partial charge in [0, 0.05) is 32.1 Å². The lowest BCUT2D eigenvalue weighted by Crippen LogP contribution is -2.33. The third kappa shape index (κ3) is 6.35. The van der Waals surface area contributed by atoms with Crippen LogP contribution >= 0.6 is 0 Å². The molecule has 0 aliphatic heterocycles. The highest BCUT2D eigenvalue weighted by Crippen LogP contribution is 2.22. The molecular formula is C17H20N4O5S. The molecule has 0 radical (unpaired) electrons. The van der Waals surface area contributed by atoms with Gasteiger partial charge in [0.25, 0.3) is 5.69 Å². The van der Waals surface area contributed by atoms with E-state index in [1.807, 2.05) is 0 Å². The molecule has 0 aliphatic carbocycles. The Hall–Kier alpha value is -2.98. The van der Waals surface area contributed by atoms with Crippen LogP contribution in [0.25, 0.3) is 0 Å². The average molecular weight is 392 g/mol. The Kier molecular flexibility index (Phi) is 7.26. The first-order valence-corrected chi connectivity index (χ1v) is 9.67. The first-order chi connectivity index (χ1) is 12.9. The zero-order chi connectivity index (χ0) is 19.7. The predicted molar refractivity (Wildman–Crippen MR) is 101 cm³/mol. The molecule has 144 valence electrons. The topological polar surface area (TPSA) is 130 Å². The number of nitrogens with one attached hydrogen (secondary N) is 3. The van der Waals surface area contributed by atoms with Crippen LogP contribution < -0.4 is 15.4 Å². The van der Waals surface area contributed by atoms with Gasteiger partial charge in [-0.25, -0.2) is 13.1 Å². The van der Waals surface area contributed by atoms with E-state index >= 15 is 0 Å². The van der Waals surface area contributed by atoms with Crippen LogP contribution in [-0.4, -0.2) is 38.9 Å². The lowest BCUT2D eigenvalue weighted by Gasteiger charge is -2.09. The second kappa shape index (κ2) is 9.64. The minimum atomic E-state index is -3.64. The summed E-state index contributed by atoms with van der Waals surface area (Å²) in [5.41, 5.74) is 0.325. The van der Waals surface area contributed by atoms with Crippen molar-refractivity contribution in [3.05, 3.63) is 64.7 Å². The van der Waals surface area contributed by atoms with Gasteiger partial charge in [0.15, 0.2) is 0 Å². The molecule has 2 aromatic rings. The minimum absolute atomic E-state index is 0.0163. The smallest absolute Gasteiger partial charge is 0.292 e. The zero-order valence-electron chi connectivity index (χ0n) is 14.4. The maximum atomic E-state index is 12.0. The average Bonchev–Trinajstić information content (AvgIpc) is 2.66. The molecule has 2 rings (SSSR count). The molecule has 0 unspecified atom stereocenters. The van der Waals surface area contributed by atoms with E-state index in [1.165, 1.54) is 18.2 Å². The second-order valence-corrected chi connectivity index (χ2v) is 7.28. The molecule has 0 bridgehead atoms. The fourth-order valence-corrected chi connectivity index (χ4v) is 3.30. The summed E-state index contributed by atoms with van der Waals surface area (Å²) in [6.45, 7) is 0.517. The van der Waals surface area contributed by atoms with Gasteiger partial charge in [0.1, 0.15) is 5.69 Å². The molecule has 0 atom stereocenters. The van der Waals surface area contributed by atoms with Crippen molar-refractivity contribution in [2.24, 2.45) is 0 Å². The molecule has 9 nitrogen and oxygen atoms in total. The van der Waals surface area contributed by atoms with Crippen LogP contribution in [0.3, 0.4) is 0 Å². The maximum Gasteiger partial charge on any atom is 0.292 e. The Morgan fingerprint density at radius 3 is 2.33 bits per heavy atom. The summed E-state index contributed by atoms with van der Waals surface area (Å²) in [4.78, 5) is 22.3. The van der Waals surface area contributed by atoms with Crippen molar-refractivity contribution in [3.8, 4) is 0 Å². The maximum absolute atomic E-state index is 12.0. The third-order valence-corrected chi connectivity index (χ3v) is 5.04. The molecule has 0 saturated heterocycles. The van der Waals surface area contributed by atoms with Gasteiger partial charge >= 0.3 is 0 Å². The van der Waals surface area contributed by atoms with E-state index in [0.29, 0.717) is 12.2 Å². The first kappa shape index (κ1) is 20.3. The van der Waals surface area contributed by atoms with Crippen molar-refractivity contribution >= 4 is 27.3 Å². The molecule has 1 amide bonds. The monoisotopic (exact) mass is 392 g/mol. The molecular weight excluding hydrogens is 372 g/mol. The van der Waals surface area contributed by atoms with E-state index < -0.39 is 14.9 Å². The zero-order valence-corrected chi connectivity index (χ0v) is 15.2. The van der Waals surface area contributed by atoms with Crippen LogP contribution in [0.15, 0.2) is 59.5 Å². The standard InChI is InChI=1S/C17H20N4O5S/c22-17(10-11-20-27(25,26)14-6-2-1-3-7-14)19-13-12-18-15-8-4-5-9-16(15)21(23)24/h1-9,18,20H,10-13H2,(H,19,22). The summed E-state index contributed by atoms with van der Waals surface area (Å²) >= 11 is 0. The van der Waals surface area contributed by atoms with Gasteiger partial charge in [-0.2, -0.15) is 0 Å². The van der Waals surface area contributed by atoms with E-state index in [4.69, 9.17) is 0 Å². The Labute approximate surface area is 157 Å². The number of anilines is 1. The Morgan fingerprint density at radius 1 is 0.963 bits per heavy atom. The van der Waals surface area contributed by atoms with Crippen LogP contribution in [-0.2, 0) is 14.8 Å². The number of para-hydroxylation sites is 2. The summed E-state index contributed by atoms with van der Waals surface area (Å²) in [6.07, 6.45) is -0.0163. The van der Waals surface area contributed by atoms with E-state index in [1.54, 1.807) is 36.4 Å². The number of nitro groups is 1. The van der Waals surface area contributed by atoms with Crippen molar-refractivity contribution in [1.82, 2.24) is 10.0 Å². The molecule has 0 aromatic heterocycles. The molecule has 0 spiro atoms. The lowest BCUT2D eigenvalue weighted by atomic mass is 10.2. The molecule has 27 heavy (non-hydrogen) atoms. The van der Waals surface area contributed by atoms with Gasteiger partial charge in [-0.3, -0.25) is 14.9 Å². The SMILES string of the molecule is O=C(CCNS(=O)(=O)c1ccccc1)NCCNc1ccccc1[N+](=O)[O-]. The Bertz CT molecular complexity index is 887. The number of nitrogens with zero attached hydrogens (tertiary/aromatic N) is 1. The lowest BCUT2D eigenvalue weighted by molar-refractivity contribution is -0.384. The number of hydrogen-bond donors (Lipinski definition) is 3. The minimum Gasteiger partial charge on any atom is -0.378 e. The van der Waals surface area contributed by atoms with Crippen LogP contribution in [0.4, 0.5) is 11.4 Å². The summed E-state index contributed by atoms with van der Waals surface area (Å²) in [6, 6.07) is 14.1. The van der Waals surface area contributed by atoms with Crippen molar-refractivity contribution in [2.75, 3.05) is 25.0 Å². The van der Waals surface area contributed by atoms with Crippen LogP contribution in [0.1, 0.15) is 6.42 Å². The number of carbonyl (C=O) groups excluding carboxylic acids is 1. The fourth-order valence-electron chi connectivity index (χ4n) is 2.25. The number of amides is 1. The highest BCUT2D eigenvalue weighted by atomic mass is 32.2. The number of nitro benzene ring substituents is 1. The van der Waals surface area contributed by atoms with Crippen LogP contribution in [0.5, 0.6) is 0 Å². The fraction of sp³-hybridized carbons (Fsp3) is 0.235. The largest absolute Gasteiger partial charge is 0.378 e. The van der Waals surface area contributed by atoms with Crippen LogP contribution in [0, 0.1) is 10.1 Å². The van der Waals surface area contributed by atoms with Gasteiger partial charge in [-0.05, 0) is 18.2 Å². The highest BCUT2D eigenvalue weighted by Gasteiger charge is 2.14. The van der Waals surface area contributed by atoms with Gasteiger partial charge in [-0.15, -0.1) is 0 Å². The number of benzene rings is 2. The quantitative estimate of drug-likeness (QED) is 0.319. The number of hydrogen-bond acceptors (Lipinski definition) is 6. The molecule has 0 heterocycles. The van der Waals surface area contributed by atoms with Gasteiger partial charge in [-0.1, -0.05) is 30.3 Å². The highest BCUT2D eigenvalue weighted by molar-refractivity contribution is 7.89. The molecule has 0 saturated carbocycles. The van der Waals surface area contributed by atoms with E-state index in [9.17, 15) is 23.3 Å². The molecule has 2 aromatic carbocycles. The molecule has 0 fully saturated rings. The Morgan fingerprint density at radius 2 is 1.63 bits per heavy atom. The van der Waals surface area contributed by atoms with E-state index in [2.05, 4.69) is 15.4 Å². The van der Waals surface area contributed by atoms with Crippen molar-refractivity contribution in [3.63, 3.8) is 0 Å². The van der Waals surface area contributed by atoms with Crippen molar-refractivity contribution < 1.29 is 18.1 Å². The van der Waals surface area contributed by atoms with Crippen molar-refractivity contribution in [2.45, 2.75) is 11.3 Å². The molecule has 3 N–H and O–H groups in total. The Balaban J connectivity index is 1.69. The van der Waals surface area contributed by atoms with E-state index in [-0.39, 0.29) is 36.0 Å². The molecule has 0 aliphatic rings. The van der Waals surface area contributed by atoms with Crippen molar-refractivity contribution in [1.29, 1.82) is 0 Å². The second-order valence-electron chi connectivity index (χ2n) is 5.51. The van der Waals surface area contributed by atoms with Gasteiger partial charge in [0.2, 0.25) is 15.9 Å². The number of carbonyl (C=O) groups is 1. The first-order valence-electron chi connectivity index (χ1n) is 8.19. The number of rotatable bonds is 10. The normalized spacial score (nSPS) is 11.0. The predicted octanol–water partition coefficient (Wildman–Crippen LogP) is 1.49. The number of sulfonamides is 1.